The highest BCUT2D eigenvalue weighted by Gasteiger charge is 2.37. The zero-order valence-electron chi connectivity index (χ0n) is 18.1. The van der Waals surface area contributed by atoms with Gasteiger partial charge in [0.15, 0.2) is 16.0 Å². The van der Waals surface area contributed by atoms with Crippen LogP contribution < -0.4 is 9.47 Å². The molecule has 11 heteroatoms. The van der Waals surface area contributed by atoms with Gasteiger partial charge in [0.05, 0.1) is 19.1 Å². The minimum atomic E-state index is -4.05. The van der Waals surface area contributed by atoms with Gasteiger partial charge in [-0.15, -0.1) is 0 Å². The van der Waals surface area contributed by atoms with Crippen LogP contribution in [0.3, 0.4) is 0 Å². The molecular weight excluding hydrogens is 454 g/mol. The van der Waals surface area contributed by atoms with E-state index in [1.165, 1.54) is 47.7 Å². The molecule has 0 N–H and O–H groups in total. The van der Waals surface area contributed by atoms with Gasteiger partial charge in [0.25, 0.3) is 0 Å². The number of sulfone groups is 1. The molecule has 0 amide bonds. The predicted octanol–water partition coefficient (Wildman–Crippen LogP) is 1.85. The Bertz CT molecular complexity index is 1220. The van der Waals surface area contributed by atoms with Crippen molar-refractivity contribution < 1.29 is 26.3 Å². The first-order valence-corrected chi connectivity index (χ1v) is 13.1. The number of nitrogens with zero attached hydrogens (tertiary/aromatic N) is 3. The molecule has 32 heavy (non-hydrogen) atoms. The molecule has 0 saturated carbocycles. The van der Waals surface area contributed by atoms with Crippen molar-refractivity contribution in [1.29, 1.82) is 5.26 Å². The summed E-state index contributed by atoms with van der Waals surface area (Å²) in [5, 5.41) is 9.25. The number of hydrogen-bond acceptors (Lipinski definition) is 8. The Morgan fingerprint density at radius 1 is 1.09 bits per heavy atom. The first kappa shape index (κ1) is 23.8. The summed E-state index contributed by atoms with van der Waals surface area (Å²) >= 11 is 0. The van der Waals surface area contributed by atoms with E-state index in [9.17, 15) is 22.1 Å². The Balaban J connectivity index is 2.04. The quantitative estimate of drug-likeness (QED) is 0.527. The molecule has 3 rings (SSSR count). The monoisotopic (exact) mass is 479 g/mol. The summed E-state index contributed by atoms with van der Waals surface area (Å²) in [6, 6.07) is 10.2. The highest BCUT2D eigenvalue weighted by molar-refractivity contribution is 7.90. The zero-order valence-corrected chi connectivity index (χ0v) is 19.7. The summed E-state index contributed by atoms with van der Waals surface area (Å²) in [5.74, 6) is 0.547. The molecule has 0 spiro atoms. The summed E-state index contributed by atoms with van der Waals surface area (Å²) in [4.78, 5) is 1.63. The Morgan fingerprint density at radius 2 is 1.78 bits per heavy atom. The van der Waals surface area contributed by atoms with E-state index in [0.717, 1.165) is 6.26 Å². The lowest BCUT2D eigenvalue weighted by Gasteiger charge is -2.28. The summed E-state index contributed by atoms with van der Waals surface area (Å²) < 4.78 is 62.9. The third-order valence-electron chi connectivity index (χ3n) is 5.36. The average Bonchev–Trinajstić information content (AvgIpc) is 3.25. The van der Waals surface area contributed by atoms with Crippen molar-refractivity contribution in [1.82, 2.24) is 9.21 Å². The molecule has 1 atom stereocenters. The second-order valence-electron chi connectivity index (χ2n) is 7.47. The normalized spacial score (nSPS) is 16.7. The van der Waals surface area contributed by atoms with Crippen LogP contribution in [0.15, 0.2) is 52.3 Å². The smallest absolute Gasteiger partial charge is 0.247 e. The average molecular weight is 480 g/mol. The summed E-state index contributed by atoms with van der Waals surface area (Å²) in [6.45, 7) is 0.732. The van der Waals surface area contributed by atoms with Crippen LogP contribution in [0.2, 0.25) is 0 Å². The van der Waals surface area contributed by atoms with Gasteiger partial charge in [-0.2, -0.15) is 9.57 Å². The Hall–Kier alpha value is -2.81. The van der Waals surface area contributed by atoms with Crippen molar-refractivity contribution in [2.45, 2.75) is 28.8 Å². The minimum absolute atomic E-state index is 0.0106. The maximum atomic E-state index is 13.8. The van der Waals surface area contributed by atoms with E-state index >= 15 is 0 Å². The highest BCUT2D eigenvalue weighted by atomic mass is 32.2. The Labute approximate surface area is 188 Å². The molecule has 2 aromatic rings. The summed E-state index contributed by atoms with van der Waals surface area (Å²) in [7, 11) is -4.59. The number of hydrogen-bond donors (Lipinski definition) is 0. The Kier molecular flexibility index (Phi) is 6.97. The molecule has 9 nitrogen and oxygen atoms in total. The van der Waals surface area contributed by atoms with Gasteiger partial charge in [0.1, 0.15) is 16.4 Å². The van der Waals surface area contributed by atoms with E-state index in [0.29, 0.717) is 24.3 Å². The van der Waals surface area contributed by atoms with Crippen molar-refractivity contribution in [3.8, 4) is 17.7 Å². The highest BCUT2D eigenvalue weighted by Crippen LogP contribution is 2.34. The third-order valence-corrected chi connectivity index (χ3v) is 8.41. The molecule has 2 aromatic carbocycles. The second kappa shape index (κ2) is 9.36. The van der Waals surface area contributed by atoms with Gasteiger partial charge in [-0.05, 0) is 36.2 Å². The van der Waals surface area contributed by atoms with Crippen molar-refractivity contribution in [2.24, 2.45) is 0 Å². The number of benzene rings is 2. The largest absolute Gasteiger partial charge is 0.497 e. The van der Waals surface area contributed by atoms with E-state index in [2.05, 4.69) is 6.19 Å². The molecule has 0 aromatic heterocycles. The van der Waals surface area contributed by atoms with Crippen molar-refractivity contribution in [3.63, 3.8) is 0 Å². The van der Waals surface area contributed by atoms with E-state index in [4.69, 9.17) is 9.47 Å². The van der Waals surface area contributed by atoms with Crippen LogP contribution in [0, 0.1) is 11.5 Å². The van der Waals surface area contributed by atoms with Crippen molar-refractivity contribution >= 4 is 19.9 Å². The lowest BCUT2D eigenvalue weighted by molar-refractivity contribution is 0.311. The number of rotatable bonds is 8. The van der Waals surface area contributed by atoms with Crippen LogP contribution in [-0.2, 0) is 26.4 Å². The fourth-order valence-corrected chi connectivity index (χ4v) is 6.05. The number of ether oxygens (including phenoxy) is 2. The second-order valence-corrected chi connectivity index (χ2v) is 11.3. The molecule has 1 aliphatic heterocycles. The topological polar surface area (TPSA) is 117 Å². The predicted molar refractivity (Wildman–Crippen MR) is 117 cm³/mol. The standard InChI is InChI=1S/C21H25N3O6S2/c1-29-18-6-9-20(30-2)21(12-18)32(27,28)24(17-10-11-23(14-17)15-22)13-16-4-7-19(8-5-16)31(3,25)26/h4-9,12,17H,10-11,13-14H2,1-3H3. The molecular formula is C21H25N3O6S2. The lowest BCUT2D eigenvalue weighted by atomic mass is 10.2. The van der Waals surface area contributed by atoms with Crippen LogP contribution >= 0.6 is 0 Å². The van der Waals surface area contributed by atoms with Crippen LogP contribution in [0.25, 0.3) is 0 Å². The maximum Gasteiger partial charge on any atom is 0.247 e. The minimum Gasteiger partial charge on any atom is -0.497 e. The molecule has 1 fully saturated rings. The fraction of sp³-hybridized carbons (Fsp3) is 0.381. The summed E-state index contributed by atoms with van der Waals surface area (Å²) in [5.41, 5.74) is 0.623. The molecule has 172 valence electrons. The van der Waals surface area contributed by atoms with Crippen LogP contribution in [-0.4, -0.2) is 65.6 Å². The van der Waals surface area contributed by atoms with Crippen molar-refractivity contribution in [2.75, 3.05) is 33.6 Å². The molecule has 1 heterocycles. The molecule has 0 radical (unpaired) electrons. The maximum absolute atomic E-state index is 13.8. The molecule has 1 saturated heterocycles. The summed E-state index contributed by atoms with van der Waals surface area (Å²) in [6.07, 6.45) is 3.67. The number of nitriles is 1. The number of methoxy groups -OCH3 is 2. The van der Waals surface area contributed by atoms with Crippen LogP contribution in [0.4, 0.5) is 0 Å². The van der Waals surface area contributed by atoms with Gasteiger partial charge in [0, 0.05) is 38.0 Å². The Morgan fingerprint density at radius 3 is 2.31 bits per heavy atom. The SMILES string of the molecule is COc1ccc(OC)c(S(=O)(=O)N(Cc2ccc(S(C)(=O)=O)cc2)C2CCN(C#N)C2)c1. The first-order chi connectivity index (χ1) is 15.1. The van der Waals surface area contributed by atoms with Gasteiger partial charge in [-0.25, -0.2) is 16.8 Å². The van der Waals surface area contributed by atoms with E-state index < -0.39 is 25.9 Å². The number of sulfonamides is 1. The van der Waals surface area contributed by atoms with Gasteiger partial charge in [-0.3, -0.25) is 0 Å². The molecule has 0 bridgehead atoms. The van der Waals surface area contributed by atoms with E-state index in [-0.39, 0.29) is 28.6 Å². The fourth-order valence-electron chi connectivity index (χ4n) is 3.61. The van der Waals surface area contributed by atoms with Gasteiger partial charge >= 0.3 is 0 Å². The third kappa shape index (κ3) is 4.98. The zero-order chi connectivity index (χ0) is 23.5. The van der Waals surface area contributed by atoms with Gasteiger partial charge in [-0.1, -0.05) is 12.1 Å². The van der Waals surface area contributed by atoms with Gasteiger partial charge < -0.3 is 14.4 Å². The molecule has 0 aliphatic carbocycles. The van der Waals surface area contributed by atoms with Crippen LogP contribution in [0.5, 0.6) is 11.5 Å². The van der Waals surface area contributed by atoms with Crippen molar-refractivity contribution in [3.05, 3.63) is 48.0 Å². The number of likely N-dealkylation sites (tertiary alicyclic amines) is 1. The first-order valence-electron chi connectivity index (χ1n) is 9.77. The lowest BCUT2D eigenvalue weighted by Crippen LogP contribution is -2.41. The van der Waals surface area contributed by atoms with E-state index in [1.54, 1.807) is 18.2 Å². The molecule has 1 aliphatic rings. The van der Waals surface area contributed by atoms with Crippen LogP contribution in [0.1, 0.15) is 12.0 Å². The van der Waals surface area contributed by atoms with Gasteiger partial charge in [0.2, 0.25) is 10.0 Å². The van der Waals surface area contributed by atoms with E-state index in [1.807, 2.05) is 0 Å². The molecule has 1 unspecified atom stereocenters.